The van der Waals surface area contributed by atoms with E-state index in [0.717, 1.165) is 45.8 Å². The average molecular weight is 282 g/mol. The van der Waals surface area contributed by atoms with Gasteiger partial charge in [0.2, 0.25) is 0 Å². The standard InChI is InChI=1S/C13H16ClN3S/c1-4-6-15-13-8(2)11(16-9(3)17-13)12-10(14)5-7-18-12/h5,7H,4,6H2,1-3H3,(H,15,16,17). The molecule has 0 saturated carbocycles. The van der Waals surface area contributed by atoms with Crippen molar-refractivity contribution in [2.24, 2.45) is 0 Å². The molecule has 0 unspecified atom stereocenters. The highest BCUT2D eigenvalue weighted by atomic mass is 35.5. The Labute approximate surface area is 116 Å². The third kappa shape index (κ3) is 2.65. The van der Waals surface area contributed by atoms with E-state index in [4.69, 9.17) is 11.6 Å². The number of halogens is 1. The molecule has 0 aliphatic carbocycles. The zero-order valence-electron chi connectivity index (χ0n) is 10.7. The van der Waals surface area contributed by atoms with Crippen LogP contribution in [0.4, 0.5) is 5.82 Å². The van der Waals surface area contributed by atoms with Gasteiger partial charge >= 0.3 is 0 Å². The largest absolute Gasteiger partial charge is 0.370 e. The van der Waals surface area contributed by atoms with Gasteiger partial charge in [0, 0.05) is 12.1 Å². The summed E-state index contributed by atoms with van der Waals surface area (Å²) >= 11 is 7.79. The smallest absolute Gasteiger partial charge is 0.133 e. The maximum absolute atomic E-state index is 6.18. The van der Waals surface area contributed by atoms with Crippen molar-refractivity contribution in [1.82, 2.24) is 9.97 Å². The molecule has 0 aliphatic rings. The first-order valence-electron chi connectivity index (χ1n) is 5.96. The van der Waals surface area contributed by atoms with Crippen molar-refractivity contribution in [2.45, 2.75) is 27.2 Å². The average Bonchev–Trinajstić information content (AvgIpc) is 2.76. The van der Waals surface area contributed by atoms with E-state index >= 15 is 0 Å². The highest BCUT2D eigenvalue weighted by Crippen LogP contribution is 2.35. The number of nitrogens with one attached hydrogen (secondary N) is 1. The lowest BCUT2D eigenvalue weighted by atomic mass is 10.2. The number of thiophene rings is 1. The van der Waals surface area contributed by atoms with Crippen LogP contribution in [0.15, 0.2) is 11.4 Å². The van der Waals surface area contributed by atoms with Crippen LogP contribution in [0.2, 0.25) is 5.02 Å². The van der Waals surface area contributed by atoms with Crippen LogP contribution in [0.1, 0.15) is 24.7 Å². The summed E-state index contributed by atoms with van der Waals surface area (Å²) in [6.07, 6.45) is 1.07. The molecule has 0 atom stereocenters. The summed E-state index contributed by atoms with van der Waals surface area (Å²) in [5.74, 6) is 1.67. The van der Waals surface area contributed by atoms with Crippen LogP contribution in [-0.4, -0.2) is 16.5 Å². The van der Waals surface area contributed by atoms with Crippen LogP contribution in [0.5, 0.6) is 0 Å². The Kier molecular flexibility index (Phi) is 4.19. The SMILES string of the molecule is CCCNc1nc(C)nc(-c2sccc2Cl)c1C. The van der Waals surface area contributed by atoms with Crippen molar-refractivity contribution in [3.05, 3.63) is 27.9 Å². The fourth-order valence-corrected chi connectivity index (χ4v) is 2.92. The van der Waals surface area contributed by atoms with E-state index in [1.54, 1.807) is 11.3 Å². The normalized spacial score (nSPS) is 10.7. The summed E-state index contributed by atoms with van der Waals surface area (Å²) in [6, 6.07) is 1.90. The van der Waals surface area contributed by atoms with E-state index < -0.39 is 0 Å². The summed E-state index contributed by atoms with van der Waals surface area (Å²) in [6.45, 7) is 6.98. The molecule has 2 heterocycles. The summed E-state index contributed by atoms with van der Waals surface area (Å²) in [5.41, 5.74) is 1.99. The maximum atomic E-state index is 6.18. The number of nitrogens with zero attached hydrogens (tertiary/aromatic N) is 2. The molecule has 0 spiro atoms. The molecule has 0 aliphatic heterocycles. The molecule has 2 aromatic heterocycles. The van der Waals surface area contributed by atoms with Gasteiger partial charge in [0.25, 0.3) is 0 Å². The zero-order valence-corrected chi connectivity index (χ0v) is 12.3. The Bertz CT molecular complexity index is 551. The lowest BCUT2D eigenvalue weighted by Crippen LogP contribution is -2.07. The number of aryl methyl sites for hydroxylation is 1. The molecule has 0 fully saturated rings. The number of hydrogen-bond acceptors (Lipinski definition) is 4. The second-order valence-electron chi connectivity index (χ2n) is 4.12. The molecule has 1 N–H and O–H groups in total. The highest BCUT2D eigenvalue weighted by Gasteiger charge is 2.14. The third-order valence-electron chi connectivity index (χ3n) is 2.63. The van der Waals surface area contributed by atoms with E-state index in [1.807, 2.05) is 25.3 Å². The number of aromatic nitrogens is 2. The fourth-order valence-electron chi connectivity index (χ4n) is 1.73. The predicted molar refractivity (Wildman–Crippen MR) is 78.6 cm³/mol. The minimum absolute atomic E-state index is 0.752. The first kappa shape index (κ1) is 13.3. The zero-order chi connectivity index (χ0) is 13.1. The number of hydrogen-bond donors (Lipinski definition) is 1. The van der Waals surface area contributed by atoms with Gasteiger partial charge in [0.15, 0.2) is 0 Å². The van der Waals surface area contributed by atoms with Gasteiger partial charge in [-0.3, -0.25) is 0 Å². The molecule has 96 valence electrons. The van der Waals surface area contributed by atoms with Crippen LogP contribution in [-0.2, 0) is 0 Å². The van der Waals surface area contributed by atoms with Crippen molar-refractivity contribution in [3.8, 4) is 10.6 Å². The van der Waals surface area contributed by atoms with Gasteiger partial charge in [-0.1, -0.05) is 18.5 Å². The molecular formula is C13H16ClN3S. The Morgan fingerprint density at radius 1 is 1.33 bits per heavy atom. The minimum atomic E-state index is 0.752. The monoisotopic (exact) mass is 281 g/mol. The highest BCUT2D eigenvalue weighted by molar-refractivity contribution is 7.14. The van der Waals surface area contributed by atoms with Crippen molar-refractivity contribution >= 4 is 28.8 Å². The van der Waals surface area contributed by atoms with Crippen molar-refractivity contribution in [3.63, 3.8) is 0 Å². The fraction of sp³-hybridized carbons (Fsp3) is 0.385. The van der Waals surface area contributed by atoms with E-state index in [0.29, 0.717) is 0 Å². The van der Waals surface area contributed by atoms with Gasteiger partial charge in [-0.2, -0.15) is 0 Å². The molecule has 0 bridgehead atoms. The maximum Gasteiger partial charge on any atom is 0.133 e. The quantitative estimate of drug-likeness (QED) is 0.908. The van der Waals surface area contributed by atoms with Crippen LogP contribution in [0, 0.1) is 13.8 Å². The Morgan fingerprint density at radius 2 is 2.11 bits per heavy atom. The molecule has 3 nitrogen and oxygen atoms in total. The third-order valence-corrected chi connectivity index (χ3v) is 3.98. The van der Waals surface area contributed by atoms with Crippen molar-refractivity contribution in [1.29, 1.82) is 0 Å². The van der Waals surface area contributed by atoms with Gasteiger partial charge in [-0.05, 0) is 31.7 Å². The van der Waals surface area contributed by atoms with Gasteiger partial charge in [0.05, 0.1) is 15.6 Å². The molecule has 2 aromatic rings. The Morgan fingerprint density at radius 3 is 2.72 bits per heavy atom. The molecule has 18 heavy (non-hydrogen) atoms. The van der Waals surface area contributed by atoms with E-state index in [2.05, 4.69) is 22.2 Å². The second-order valence-corrected chi connectivity index (χ2v) is 5.44. The molecule has 0 aromatic carbocycles. The van der Waals surface area contributed by atoms with Crippen LogP contribution in [0.25, 0.3) is 10.6 Å². The molecule has 5 heteroatoms. The molecule has 0 saturated heterocycles. The molecule has 0 radical (unpaired) electrons. The van der Waals surface area contributed by atoms with Gasteiger partial charge in [0.1, 0.15) is 11.6 Å². The Balaban J connectivity index is 2.48. The van der Waals surface area contributed by atoms with Gasteiger partial charge in [-0.25, -0.2) is 9.97 Å². The Hall–Kier alpha value is -1.13. The second kappa shape index (κ2) is 5.67. The van der Waals surface area contributed by atoms with E-state index in [9.17, 15) is 0 Å². The lowest BCUT2D eigenvalue weighted by molar-refractivity contribution is 0.948. The molecular weight excluding hydrogens is 266 g/mol. The van der Waals surface area contributed by atoms with E-state index in [1.165, 1.54) is 0 Å². The minimum Gasteiger partial charge on any atom is -0.370 e. The first-order chi connectivity index (χ1) is 8.63. The topological polar surface area (TPSA) is 37.8 Å². The van der Waals surface area contributed by atoms with Gasteiger partial charge in [-0.15, -0.1) is 11.3 Å². The van der Waals surface area contributed by atoms with Crippen LogP contribution < -0.4 is 5.32 Å². The van der Waals surface area contributed by atoms with Crippen LogP contribution in [0.3, 0.4) is 0 Å². The van der Waals surface area contributed by atoms with E-state index in [-0.39, 0.29) is 0 Å². The van der Waals surface area contributed by atoms with Crippen molar-refractivity contribution in [2.75, 3.05) is 11.9 Å². The molecule has 2 rings (SSSR count). The lowest BCUT2D eigenvalue weighted by Gasteiger charge is -2.12. The summed E-state index contributed by atoms with van der Waals surface area (Å²) < 4.78 is 0. The summed E-state index contributed by atoms with van der Waals surface area (Å²) in [5, 5.41) is 6.07. The molecule has 0 amide bonds. The number of rotatable bonds is 4. The van der Waals surface area contributed by atoms with Crippen molar-refractivity contribution < 1.29 is 0 Å². The summed E-state index contributed by atoms with van der Waals surface area (Å²) in [7, 11) is 0. The van der Waals surface area contributed by atoms with Gasteiger partial charge < -0.3 is 5.32 Å². The summed E-state index contributed by atoms with van der Waals surface area (Å²) in [4.78, 5) is 9.98. The number of anilines is 1. The van der Waals surface area contributed by atoms with Crippen LogP contribution >= 0.6 is 22.9 Å². The predicted octanol–water partition coefficient (Wildman–Crippen LogP) is 4.30. The first-order valence-corrected chi connectivity index (χ1v) is 7.21.